The Kier molecular flexibility index (Phi) is 7.56. The Labute approximate surface area is 117 Å². The molecule has 0 spiro atoms. The van der Waals surface area contributed by atoms with Crippen LogP contribution >= 0.6 is 0 Å². The zero-order chi connectivity index (χ0) is 14.1. The van der Waals surface area contributed by atoms with Crippen LogP contribution < -0.4 is 10.1 Å². The molecule has 0 radical (unpaired) electrons. The molecular formula is C15H29N3O. The van der Waals surface area contributed by atoms with E-state index in [1.165, 1.54) is 25.7 Å². The maximum Gasteiger partial charge on any atom is 0.157 e. The highest BCUT2D eigenvalue weighted by molar-refractivity contribution is 5.11. The monoisotopic (exact) mass is 267 g/mol. The first-order valence-electron chi connectivity index (χ1n) is 7.53. The van der Waals surface area contributed by atoms with Crippen LogP contribution in [0.1, 0.15) is 59.4 Å². The Morgan fingerprint density at radius 3 is 2.74 bits per heavy atom. The Bertz CT molecular complexity index is 336. The summed E-state index contributed by atoms with van der Waals surface area (Å²) in [5.74, 6) is 0.856. The summed E-state index contributed by atoms with van der Waals surface area (Å²) in [6.45, 7) is 10.3. The van der Waals surface area contributed by atoms with Crippen LogP contribution in [0.15, 0.2) is 12.4 Å². The minimum atomic E-state index is 0.383. The molecule has 0 fully saturated rings. The lowest BCUT2D eigenvalue weighted by Crippen LogP contribution is -2.30. The highest BCUT2D eigenvalue weighted by Crippen LogP contribution is 2.11. The molecule has 0 bridgehead atoms. The second-order valence-corrected chi connectivity index (χ2v) is 5.45. The third-order valence-corrected chi connectivity index (χ3v) is 3.21. The lowest BCUT2D eigenvalue weighted by atomic mass is 10.1. The second-order valence-electron chi connectivity index (χ2n) is 5.45. The molecule has 0 aromatic carbocycles. The van der Waals surface area contributed by atoms with Crippen molar-refractivity contribution in [3.05, 3.63) is 12.4 Å². The first kappa shape index (κ1) is 16.0. The van der Waals surface area contributed by atoms with Gasteiger partial charge in [-0.15, -0.1) is 0 Å². The Hall–Kier alpha value is -1.03. The Morgan fingerprint density at radius 1 is 1.32 bits per heavy atom. The average Bonchev–Trinajstić information content (AvgIpc) is 2.84. The Balaban J connectivity index is 2.09. The van der Waals surface area contributed by atoms with E-state index in [4.69, 9.17) is 4.74 Å². The van der Waals surface area contributed by atoms with Gasteiger partial charge < -0.3 is 10.1 Å². The van der Waals surface area contributed by atoms with Crippen LogP contribution in [-0.2, 0) is 0 Å². The number of hydrogen-bond donors (Lipinski definition) is 1. The lowest BCUT2D eigenvalue weighted by molar-refractivity contribution is 0.303. The molecule has 0 aliphatic rings. The van der Waals surface area contributed by atoms with E-state index in [2.05, 4.69) is 38.1 Å². The molecule has 1 aromatic heterocycles. The van der Waals surface area contributed by atoms with Gasteiger partial charge in [0.1, 0.15) is 6.61 Å². The molecule has 19 heavy (non-hydrogen) atoms. The number of nitrogens with one attached hydrogen (secondary N) is 1. The van der Waals surface area contributed by atoms with Gasteiger partial charge in [0, 0.05) is 18.6 Å². The van der Waals surface area contributed by atoms with Crippen LogP contribution in [0, 0.1) is 0 Å². The molecular weight excluding hydrogens is 238 g/mol. The molecule has 1 aromatic rings. The van der Waals surface area contributed by atoms with Gasteiger partial charge in [0.15, 0.2) is 5.75 Å². The predicted octanol–water partition coefficient (Wildman–Crippen LogP) is 3.40. The van der Waals surface area contributed by atoms with Gasteiger partial charge in [-0.3, -0.25) is 4.68 Å². The predicted molar refractivity (Wildman–Crippen MR) is 79.7 cm³/mol. The summed E-state index contributed by atoms with van der Waals surface area (Å²) in [6, 6.07) is 0.961. The van der Waals surface area contributed by atoms with Crippen molar-refractivity contribution < 1.29 is 4.74 Å². The molecule has 0 saturated carbocycles. The standard InChI is InChI=1S/C15H29N3O/c1-5-6-7-8-14(4)16-9-10-19-15-11-17-18(12-15)13(2)3/h11-14,16H,5-10H2,1-4H3. The van der Waals surface area contributed by atoms with Crippen LogP contribution in [0.4, 0.5) is 0 Å². The van der Waals surface area contributed by atoms with E-state index in [0.717, 1.165) is 12.3 Å². The molecule has 4 nitrogen and oxygen atoms in total. The highest BCUT2D eigenvalue weighted by atomic mass is 16.5. The topological polar surface area (TPSA) is 39.1 Å². The third-order valence-electron chi connectivity index (χ3n) is 3.21. The van der Waals surface area contributed by atoms with E-state index in [1.54, 1.807) is 6.20 Å². The summed E-state index contributed by atoms with van der Waals surface area (Å²) in [5.41, 5.74) is 0. The van der Waals surface area contributed by atoms with Crippen molar-refractivity contribution in [2.45, 2.75) is 65.5 Å². The van der Waals surface area contributed by atoms with Crippen LogP contribution in [-0.4, -0.2) is 29.0 Å². The molecule has 0 aliphatic carbocycles. The number of unbranched alkanes of at least 4 members (excludes halogenated alkanes) is 2. The summed E-state index contributed by atoms with van der Waals surface area (Å²) in [6.07, 6.45) is 8.92. The van der Waals surface area contributed by atoms with Crippen molar-refractivity contribution in [2.24, 2.45) is 0 Å². The molecule has 110 valence electrons. The van der Waals surface area contributed by atoms with Crippen LogP contribution in [0.3, 0.4) is 0 Å². The van der Waals surface area contributed by atoms with Gasteiger partial charge in [0.2, 0.25) is 0 Å². The summed E-state index contributed by atoms with van der Waals surface area (Å²) in [7, 11) is 0. The van der Waals surface area contributed by atoms with E-state index < -0.39 is 0 Å². The molecule has 1 heterocycles. The van der Waals surface area contributed by atoms with E-state index in [0.29, 0.717) is 18.7 Å². The first-order valence-corrected chi connectivity index (χ1v) is 7.53. The van der Waals surface area contributed by atoms with Crippen molar-refractivity contribution in [1.29, 1.82) is 0 Å². The second kappa shape index (κ2) is 8.97. The van der Waals surface area contributed by atoms with E-state index in [9.17, 15) is 0 Å². The van der Waals surface area contributed by atoms with Crippen LogP contribution in [0.5, 0.6) is 5.75 Å². The van der Waals surface area contributed by atoms with Gasteiger partial charge in [0.25, 0.3) is 0 Å². The van der Waals surface area contributed by atoms with Crippen molar-refractivity contribution >= 4 is 0 Å². The Morgan fingerprint density at radius 2 is 2.11 bits per heavy atom. The summed E-state index contributed by atoms with van der Waals surface area (Å²) < 4.78 is 7.58. The van der Waals surface area contributed by atoms with E-state index in [-0.39, 0.29) is 0 Å². The number of nitrogens with zero attached hydrogens (tertiary/aromatic N) is 2. The first-order chi connectivity index (χ1) is 9.13. The van der Waals surface area contributed by atoms with Gasteiger partial charge in [-0.1, -0.05) is 26.2 Å². The SMILES string of the molecule is CCCCCC(C)NCCOc1cnn(C(C)C)c1. The zero-order valence-corrected chi connectivity index (χ0v) is 12.9. The molecule has 4 heteroatoms. The van der Waals surface area contributed by atoms with Gasteiger partial charge in [-0.2, -0.15) is 5.10 Å². The quantitative estimate of drug-likeness (QED) is 0.660. The largest absolute Gasteiger partial charge is 0.489 e. The molecule has 0 aliphatic heterocycles. The minimum Gasteiger partial charge on any atom is -0.489 e. The van der Waals surface area contributed by atoms with Crippen molar-refractivity contribution in [3.63, 3.8) is 0 Å². The van der Waals surface area contributed by atoms with Crippen LogP contribution in [0.2, 0.25) is 0 Å². The number of hydrogen-bond acceptors (Lipinski definition) is 3. The van der Waals surface area contributed by atoms with Crippen LogP contribution in [0.25, 0.3) is 0 Å². The van der Waals surface area contributed by atoms with Crippen molar-refractivity contribution in [2.75, 3.05) is 13.2 Å². The molecule has 1 unspecified atom stereocenters. The maximum absolute atomic E-state index is 5.67. The smallest absolute Gasteiger partial charge is 0.157 e. The van der Waals surface area contributed by atoms with Gasteiger partial charge in [-0.25, -0.2) is 0 Å². The van der Waals surface area contributed by atoms with E-state index >= 15 is 0 Å². The summed E-state index contributed by atoms with van der Waals surface area (Å²) in [4.78, 5) is 0. The molecule has 0 saturated heterocycles. The minimum absolute atomic E-state index is 0.383. The van der Waals surface area contributed by atoms with Gasteiger partial charge in [0.05, 0.1) is 12.4 Å². The van der Waals surface area contributed by atoms with Gasteiger partial charge in [-0.05, 0) is 27.2 Å². The fourth-order valence-electron chi connectivity index (χ4n) is 1.95. The molecule has 0 amide bonds. The lowest BCUT2D eigenvalue weighted by Gasteiger charge is -2.13. The summed E-state index contributed by atoms with van der Waals surface area (Å²) in [5, 5.41) is 7.74. The van der Waals surface area contributed by atoms with Gasteiger partial charge >= 0.3 is 0 Å². The van der Waals surface area contributed by atoms with Crippen molar-refractivity contribution in [1.82, 2.24) is 15.1 Å². The summed E-state index contributed by atoms with van der Waals surface area (Å²) >= 11 is 0. The number of rotatable bonds is 10. The molecule has 1 N–H and O–H groups in total. The molecule has 1 rings (SSSR count). The molecule has 1 atom stereocenters. The highest BCUT2D eigenvalue weighted by Gasteiger charge is 2.03. The number of aromatic nitrogens is 2. The third kappa shape index (κ3) is 6.62. The normalized spacial score (nSPS) is 12.9. The average molecular weight is 267 g/mol. The van der Waals surface area contributed by atoms with E-state index in [1.807, 2.05) is 10.9 Å². The van der Waals surface area contributed by atoms with Crippen molar-refractivity contribution in [3.8, 4) is 5.75 Å². The number of ether oxygens (including phenoxy) is 1. The fraction of sp³-hybridized carbons (Fsp3) is 0.800. The maximum atomic E-state index is 5.67. The zero-order valence-electron chi connectivity index (χ0n) is 12.9. The fourth-order valence-corrected chi connectivity index (χ4v) is 1.95.